The number of ether oxygens (including phenoxy) is 2. The Kier molecular flexibility index (Phi) is 4.48. The van der Waals surface area contributed by atoms with Crippen molar-refractivity contribution >= 4 is 5.97 Å². The molecule has 0 radical (unpaired) electrons. The van der Waals surface area contributed by atoms with Crippen molar-refractivity contribution in [2.75, 3.05) is 7.11 Å². The molecule has 0 N–H and O–H groups in total. The van der Waals surface area contributed by atoms with Crippen LogP contribution in [0.5, 0.6) is 0 Å². The SMILES string of the molecule is COC1CCC(OC(=O)c2ccc(-n3ccnn3)cc2)CC1. The van der Waals surface area contributed by atoms with E-state index in [0.29, 0.717) is 11.7 Å². The van der Waals surface area contributed by atoms with Crippen LogP contribution in [0.15, 0.2) is 36.7 Å². The van der Waals surface area contributed by atoms with Gasteiger partial charge in [-0.1, -0.05) is 5.21 Å². The van der Waals surface area contributed by atoms with Crippen LogP contribution >= 0.6 is 0 Å². The van der Waals surface area contributed by atoms with E-state index in [2.05, 4.69) is 10.3 Å². The first-order valence-electron chi connectivity index (χ1n) is 7.47. The molecule has 1 aliphatic carbocycles. The molecule has 22 heavy (non-hydrogen) atoms. The Morgan fingerprint density at radius 1 is 1.14 bits per heavy atom. The summed E-state index contributed by atoms with van der Waals surface area (Å²) in [5, 5.41) is 7.67. The second kappa shape index (κ2) is 6.70. The van der Waals surface area contributed by atoms with E-state index in [0.717, 1.165) is 31.4 Å². The van der Waals surface area contributed by atoms with E-state index in [9.17, 15) is 4.79 Å². The standard InChI is InChI=1S/C16H19N3O3/c1-21-14-6-8-15(9-7-14)22-16(20)12-2-4-13(5-3-12)19-11-10-17-18-19/h2-5,10-11,14-15H,6-9H2,1H3. The molecule has 0 atom stereocenters. The van der Waals surface area contributed by atoms with Crippen molar-refractivity contribution < 1.29 is 14.3 Å². The largest absolute Gasteiger partial charge is 0.459 e. The summed E-state index contributed by atoms with van der Waals surface area (Å²) in [7, 11) is 1.73. The number of carbonyl (C=O) groups excluding carboxylic acids is 1. The number of nitrogens with zero attached hydrogens (tertiary/aromatic N) is 3. The number of benzene rings is 1. The zero-order valence-corrected chi connectivity index (χ0v) is 12.5. The summed E-state index contributed by atoms with van der Waals surface area (Å²) in [5.41, 5.74) is 1.41. The Balaban J connectivity index is 1.58. The van der Waals surface area contributed by atoms with Gasteiger partial charge in [0.2, 0.25) is 0 Å². The second-order valence-electron chi connectivity index (χ2n) is 5.43. The van der Waals surface area contributed by atoms with Crippen LogP contribution in [-0.2, 0) is 9.47 Å². The topological polar surface area (TPSA) is 66.2 Å². The van der Waals surface area contributed by atoms with Crippen LogP contribution in [0.3, 0.4) is 0 Å². The van der Waals surface area contributed by atoms with Gasteiger partial charge in [0.05, 0.1) is 29.7 Å². The molecule has 1 saturated carbocycles. The van der Waals surface area contributed by atoms with Crippen LogP contribution in [0.2, 0.25) is 0 Å². The minimum Gasteiger partial charge on any atom is -0.459 e. The van der Waals surface area contributed by atoms with Gasteiger partial charge in [0.15, 0.2) is 0 Å². The van der Waals surface area contributed by atoms with E-state index >= 15 is 0 Å². The molecule has 0 spiro atoms. The molecule has 2 aromatic rings. The van der Waals surface area contributed by atoms with Crippen LogP contribution in [0.25, 0.3) is 5.69 Å². The van der Waals surface area contributed by atoms with Crippen LogP contribution in [-0.4, -0.2) is 40.3 Å². The fraction of sp³-hybridized carbons (Fsp3) is 0.438. The van der Waals surface area contributed by atoms with Crippen LogP contribution in [0.1, 0.15) is 36.0 Å². The van der Waals surface area contributed by atoms with Crippen molar-refractivity contribution in [2.24, 2.45) is 0 Å². The van der Waals surface area contributed by atoms with Crippen molar-refractivity contribution in [3.63, 3.8) is 0 Å². The van der Waals surface area contributed by atoms with Crippen molar-refractivity contribution in [1.82, 2.24) is 15.0 Å². The highest BCUT2D eigenvalue weighted by Gasteiger charge is 2.24. The summed E-state index contributed by atoms with van der Waals surface area (Å²) in [4.78, 5) is 12.2. The molecule has 0 aliphatic heterocycles. The second-order valence-corrected chi connectivity index (χ2v) is 5.43. The summed E-state index contributed by atoms with van der Waals surface area (Å²) in [6.45, 7) is 0. The van der Waals surface area contributed by atoms with Crippen LogP contribution in [0.4, 0.5) is 0 Å². The molecule has 0 saturated heterocycles. The summed E-state index contributed by atoms with van der Waals surface area (Å²) in [5.74, 6) is -0.272. The van der Waals surface area contributed by atoms with Crippen molar-refractivity contribution in [3.8, 4) is 5.69 Å². The number of hydrogen-bond acceptors (Lipinski definition) is 5. The average molecular weight is 301 g/mol. The number of aromatic nitrogens is 3. The third-order valence-electron chi connectivity index (χ3n) is 4.02. The van der Waals surface area contributed by atoms with Crippen molar-refractivity contribution in [1.29, 1.82) is 0 Å². The van der Waals surface area contributed by atoms with Gasteiger partial charge in [-0.3, -0.25) is 0 Å². The molecule has 0 unspecified atom stereocenters. The maximum Gasteiger partial charge on any atom is 0.338 e. The first-order chi connectivity index (χ1) is 10.8. The lowest BCUT2D eigenvalue weighted by atomic mass is 9.95. The average Bonchev–Trinajstić information content (AvgIpc) is 3.10. The maximum absolute atomic E-state index is 12.2. The van der Waals surface area contributed by atoms with Gasteiger partial charge in [-0.15, -0.1) is 5.10 Å². The third-order valence-corrected chi connectivity index (χ3v) is 4.02. The van der Waals surface area contributed by atoms with Gasteiger partial charge in [-0.05, 0) is 49.9 Å². The van der Waals surface area contributed by atoms with Crippen molar-refractivity contribution in [2.45, 2.75) is 37.9 Å². The minimum atomic E-state index is -0.272. The van der Waals surface area contributed by atoms with E-state index in [-0.39, 0.29) is 12.1 Å². The molecule has 6 heteroatoms. The highest BCUT2D eigenvalue weighted by Crippen LogP contribution is 2.24. The van der Waals surface area contributed by atoms with E-state index in [1.54, 1.807) is 36.3 Å². The Morgan fingerprint density at radius 2 is 1.82 bits per heavy atom. The fourth-order valence-electron chi connectivity index (χ4n) is 2.70. The van der Waals surface area contributed by atoms with Gasteiger partial charge in [-0.25, -0.2) is 9.48 Å². The number of rotatable bonds is 4. The fourth-order valence-corrected chi connectivity index (χ4v) is 2.70. The van der Waals surface area contributed by atoms with Crippen LogP contribution in [0, 0.1) is 0 Å². The quantitative estimate of drug-likeness (QED) is 0.811. The van der Waals surface area contributed by atoms with Gasteiger partial charge < -0.3 is 9.47 Å². The number of methoxy groups -OCH3 is 1. The first-order valence-corrected chi connectivity index (χ1v) is 7.47. The lowest BCUT2D eigenvalue weighted by Gasteiger charge is -2.27. The smallest absolute Gasteiger partial charge is 0.338 e. The molecule has 0 bridgehead atoms. The Hall–Kier alpha value is -2.21. The third kappa shape index (κ3) is 3.33. The molecule has 1 aromatic carbocycles. The normalized spacial score (nSPS) is 21.5. The van der Waals surface area contributed by atoms with E-state index in [4.69, 9.17) is 9.47 Å². The lowest BCUT2D eigenvalue weighted by molar-refractivity contribution is -0.00540. The molecular weight excluding hydrogens is 282 g/mol. The van der Waals surface area contributed by atoms with E-state index in [1.807, 2.05) is 12.1 Å². The predicted octanol–water partition coefficient (Wildman–Crippen LogP) is 2.38. The molecule has 1 aliphatic rings. The molecule has 3 rings (SSSR count). The lowest BCUT2D eigenvalue weighted by Crippen LogP contribution is -2.27. The van der Waals surface area contributed by atoms with Gasteiger partial charge in [0.1, 0.15) is 6.10 Å². The number of carbonyl (C=O) groups is 1. The molecule has 1 fully saturated rings. The summed E-state index contributed by atoms with van der Waals surface area (Å²) >= 11 is 0. The van der Waals surface area contributed by atoms with Gasteiger partial charge in [0, 0.05) is 7.11 Å². The number of hydrogen-bond donors (Lipinski definition) is 0. The maximum atomic E-state index is 12.2. The minimum absolute atomic E-state index is 0.00566. The Bertz CT molecular complexity index is 602. The molecular formula is C16H19N3O3. The van der Waals surface area contributed by atoms with Gasteiger partial charge in [0.25, 0.3) is 0 Å². The Labute approximate surface area is 129 Å². The molecule has 1 aromatic heterocycles. The molecule has 0 amide bonds. The van der Waals surface area contributed by atoms with Crippen molar-refractivity contribution in [3.05, 3.63) is 42.2 Å². The first kappa shape index (κ1) is 14.7. The summed E-state index contributed by atoms with van der Waals surface area (Å²) in [6, 6.07) is 7.15. The van der Waals surface area contributed by atoms with E-state index in [1.165, 1.54) is 0 Å². The summed E-state index contributed by atoms with van der Waals surface area (Å²) in [6.07, 6.45) is 7.27. The zero-order chi connectivity index (χ0) is 15.4. The zero-order valence-electron chi connectivity index (χ0n) is 12.5. The monoisotopic (exact) mass is 301 g/mol. The molecule has 116 valence electrons. The Morgan fingerprint density at radius 3 is 2.41 bits per heavy atom. The van der Waals surface area contributed by atoms with E-state index < -0.39 is 0 Å². The van der Waals surface area contributed by atoms with Crippen LogP contribution < -0.4 is 0 Å². The summed E-state index contributed by atoms with van der Waals surface area (Å²) < 4.78 is 12.5. The van der Waals surface area contributed by atoms with Gasteiger partial charge in [-0.2, -0.15) is 0 Å². The molecule has 6 nitrogen and oxygen atoms in total. The highest BCUT2D eigenvalue weighted by molar-refractivity contribution is 5.89. The van der Waals surface area contributed by atoms with Gasteiger partial charge >= 0.3 is 5.97 Å². The highest BCUT2D eigenvalue weighted by atomic mass is 16.5. The predicted molar refractivity (Wildman–Crippen MR) is 79.8 cm³/mol. The molecule has 1 heterocycles. The number of esters is 1.